The first-order valence-corrected chi connectivity index (χ1v) is 12.2. The zero-order chi connectivity index (χ0) is 23.3. The van der Waals surface area contributed by atoms with Crippen LogP contribution < -0.4 is 11.1 Å². The summed E-state index contributed by atoms with van der Waals surface area (Å²) in [7, 11) is 0. The molecule has 33 heavy (non-hydrogen) atoms. The summed E-state index contributed by atoms with van der Waals surface area (Å²) >= 11 is 7.44. The van der Waals surface area contributed by atoms with Gasteiger partial charge in [-0.3, -0.25) is 14.3 Å². The molecule has 2 aromatic heterocycles. The highest BCUT2D eigenvalue weighted by molar-refractivity contribution is 7.19. The molecule has 0 spiro atoms. The number of anilines is 1. The Hall–Kier alpha value is -2.91. The molecule has 1 saturated carbocycles. The van der Waals surface area contributed by atoms with E-state index >= 15 is 0 Å². The Labute approximate surface area is 200 Å². The number of nitrogen functional groups attached to an aromatic ring is 1. The number of nitrogens with two attached hydrogens (primary N) is 1. The van der Waals surface area contributed by atoms with E-state index in [1.807, 2.05) is 36.9 Å². The number of benzene rings is 1. The number of fused-ring (bicyclic) bond motifs is 1. The first-order chi connectivity index (χ1) is 15.9. The van der Waals surface area contributed by atoms with E-state index in [-0.39, 0.29) is 17.9 Å². The van der Waals surface area contributed by atoms with Crippen molar-refractivity contribution >= 4 is 39.9 Å². The number of aryl methyl sites for hydroxylation is 2. The van der Waals surface area contributed by atoms with Crippen LogP contribution in [0.2, 0.25) is 5.02 Å². The van der Waals surface area contributed by atoms with E-state index in [1.165, 1.54) is 11.3 Å². The van der Waals surface area contributed by atoms with E-state index in [1.54, 1.807) is 16.8 Å². The average Bonchev–Trinajstić information content (AvgIpc) is 3.11. The van der Waals surface area contributed by atoms with Crippen LogP contribution in [0.4, 0.5) is 5.13 Å². The molecule has 3 aromatic rings. The Balaban J connectivity index is 1.36. The van der Waals surface area contributed by atoms with Gasteiger partial charge in [-0.05, 0) is 55.9 Å². The molecular weight excluding hydrogens is 460 g/mol. The molecule has 172 valence electrons. The van der Waals surface area contributed by atoms with Crippen molar-refractivity contribution in [2.75, 3.05) is 18.8 Å². The predicted molar refractivity (Wildman–Crippen MR) is 128 cm³/mol. The van der Waals surface area contributed by atoms with Crippen LogP contribution in [0.5, 0.6) is 0 Å². The number of hydrogen-bond donors (Lipinski definition) is 2. The number of amides is 2. The second kappa shape index (κ2) is 8.46. The summed E-state index contributed by atoms with van der Waals surface area (Å²) in [6, 6.07) is 9.05. The zero-order valence-corrected chi connectivity index (χ0v) is 20.0. The number of hydrogen-bond acceptors (Lipinski definition) is 6. The van der Waals surface area contributed by atoms with Gasteiger partial charge < -0.3 is 16.0 Å². The Morgan fingerprint density at radius 3 is 2.91 bits per heavy atom. The van der Waals surface area contributed by atoms with Gasteiger partial charge in [-0.25, -0.2) is 4.98 Å². The third-order valence-electron chi connectivity index (χ3n) is 6.40. The predicted octanol–water partition coefficient (Wildman–Crippen LogP) is 3.46. The molecule has 5 rings (SSSR count). The Bertz CT molecular complexity index is 1240. The lowest BCUT2D eigenvalue weighted by molar-refractivity contribution is 0.0690. The second-order valence-corrected chi connectivity index (χ2v) is 10.1. The van der Waals surface area contributed by atoms with Crippen LogP contribution in [0.3, 0.4) is 0 Å². The highest BCUT2D eigenvalue weighted by atomic mass is 35.5. The van der Waals surface area contributed by atoms with Gasteiger partial charge in [0, 0.05) is 24.7 Å². The van der Waals surface area contributed by atoms with Crippen LogP contribution in [0.15, 0.2) is 30.3 Å². The van der Waals surface area contributed by atoms with Gasteiger partial charge in [-0.2, -0.15) is 5.10 Å². The maximum atomic E-state index is 13.6. The lowest BCUT2D eigenvalue weighted by Gasteiger charge is -2.27. The van der Waals surface area contributed by atoms with Crippen molar-refractivity contribution in [3.63, 3.8) is 0 Å². The maximum Gasteiger partial charge on any atom is 0.274 e. The van der Waals surface area contributed by atoms with Gasteiger partial charge in [0.25, 0.3) is 11.8 Å². The van der Waals surface area contributed by atoms with Crippen LogP contribution in [-0.4, -0.2) is 50.6 Å². The Morgan fingerprint density at radius 1 is 1.33 bits per heavy atom. The molecule has 3 N–H and O–H groups in total. The minimum atomic E-state index is -0.175. The summed E-state index contributed by atoms with van der Waals surface area (Å²) < 4.78 is 1.69. The molecule has 1 saturated heterocycles. The van der Waals surface area contributed by atoms with Crippen LogP contribution in [0, 0.1) is 18.8 Å². The number of nitrogens with zero attached hydrogens (tertiary/aromatic N) is 4. The summed E-state index contributed by atoms with van der Waals surface area (Å²) in [6.45, 7) is 5.50. The molecule has 2 fully saturated rings. The molecule has 2 amide bonds. The minimum Gasteiger partial charge on any atom is -0.375 e. The third kappa shape index (κ3) is 4.11. The van der Waals surface area contributed by atoms with Crippen molar-refractivity contribution in [1.29, 1.82) is 0 Å². The van der Waals surface area contributed by atoms with E-state index in [0.717, 1.165) is 17.7 Å². The fraction of sp³-hybridized carbons (Fsp3) is 0.391. The molecule has 3 atom stereocenters. The SMILES string of the molecule is CCn1nc(C)cc1C(=O)NC[C@@H]1[C@@H]2C[C@@H]2CN1C(=O)c1nc(N)sc1-c1cccc(Cl)c1. The fourth-order valence-corrected chi connectivity index (χ4v) is 5.78. The van der Waals surface area contributed by atoms with E-state index in [0.29, 0.717) is 57.9 Å². The summed E-state index contributed by atoms with van der Waals surface area (Å²) in [5, 5.41) is 8.30. The van der Waals surface area contributed by atoms with Crippen molar-refractivity contribution in [2.45, 2.75) is 32.9 Å². The number of aromatic nitrogens is 3. The Morgan fingerprint density at radius 2 is 2.15 bits per heavy atom. The number of rotatable bonds is 6. The number of nitrogens with one attached hydrogen (secondary N) is 1. The van der Waals surface area contributed by atoms with Crippen molar-refractivity contribution < 1.29 is 9.59 Å². The van der Waals surface area contributed by atoms with E-state index in [2.05, 4.69) is 15.4 Å². The van der Waals surface area contributed by atoms with Gasteiger partial charge in [-0.15, -0.1) is 0 Å². The molecule has 0 unspecified atom stereocenters. The lowest BCUT2D eigenvalue weighted by atomic mass is 10.1. The highest BCUT2D eigenvalue weighted by Gasteiger charge is 2.54. The zero-order valence-electron chi connectivity index (χ0n) is 18.4. The Kier molecular flexibility index (Phi) is 5.62. The van der Waals surface area contributed by atoms with E-state index in [9.17, 15) is 9.59 Å². The van der Waals surface area contributed by atoms with Gasteiger partial charge in [-0.1, -0.05) is 35.1 Å². The minimum absolute atomic E-state index is 0.0688. The van der Waals surface area contributed by atoms with Gasteiger partial charge >= 0.3 is 0 Å². The molecular formula is C23H25ClN6O2S. The molecule has 1 aliphatic heterocycles. The molecule has 8 nitrogen and oxygen atoms in total. The van der Waals surface area contributed by atoms with Crippen LogP contribution in [0.25, 0.3) is 10.4 Å². The number of piperidine rings is 1. The smallest absolute Gasteiger partial charge is 0.274 e. The van der Waals surface area contributed by atoms with Crippen LogP contribution in [0.1, 0.15) is 40.0 Å². The maximum absolute atomic E-state index is 13.6. The number of carbonyl (C=O) groups excluding carboxylic acids is 2. The van der Waals surface area contributed by atoms with Crippen molar-refractivity contribution in [2.24, 2.45) is 11.8 Å². The van der Waals surface area contributed by atoms with Gasteiger partial charge in [0.15, 0.2) is 5.13 Å². The molecule has 10 heteroatoms. The summed E-state index contributed by atoms with van der Waals surface area (Å²) in [4.78, 5) is 33.3. The number of carbonyl (C=O) groups is 2. The topological polar surface area (TPSA) is 106 Å². The van der Waals surface area contributed by atoms with Gasteiger partial charge in [0.05, 0.1) is 16.6 Å². The quantitative estimate of drug-likeness (QED) is 0.557. The molecule has 3 heterocycles. The summed E-state index contributed by atoms with van der Waals surface area (Å²) in [6.07, 6.45) is 1.08. The first kappa shape index (κ1) is 21.9. The molecule has 2 aliphatic rings. The van der Waals surface area contributed by atoms with Crippen LogP contribution in [-0.2, 0) is 6.54 Å². The second-order valence-electron chi connectivity index (χ2n) is 8.62. The summed E-state index contributed by atoms with van der Waals surface area (Å²) in [5.41, 5.74) is 8.49. The monoisotopic (exact) mass is 484 g/mol. The van der Waals surface area contributed by atoms with Gasteiger partial charge in [0.1, 0.15) is 11.4 Å². The normalized spacial score (nSPS) is 21.2. The molecule has 1 aromatic carbocycles. The van der Waals surface area contributed by atoms with E-state index < -0.39 is 0 Å². The lowest BCUT2D eigenvalue weighted by Crippen LogP contribution is -2.46. The highest BCUT2D eigenvalue weighted by Crippen LogP contribution is 2.50. The van der Waals surface area contributed by atoms with Crippen molar-refractivity contribution in [1.82, 2.24) is 25.0 Å². The summed E-state index contributed by atoms with van der Waals surface area (Å²) in [5.74, 6) is 0.549. The van der Waals surface area contributed by atoms with Crippen molar-refractivity contribution in [3.8, 4) is 10.4 Å². The third-order valence-corrected chi connectivity index (χ3v) is 7.57. The number of halogens is 1. The van der Waals surface area contributed by atoms with Gasteiger partial charge in [0.2, 0.25) is 0 Å². The van der Waals surface area contributed by atoms with E-state index in [4.69, 9.17) is 17.3 Å². The number of thiazole rings is 1. The number of likely N-dealkylation sites (tertiary alicyclic amines) is 1. The molecule has 0 bridgehead atoms. The van der Waals surface area contributed by atoms with Crippen molar-refractivity contribution in [3.05, 3.63) is 52.4 Å². The largest absolute Gasteiger partial charge is 0.375 e. The van der Waals surface area contributed by atoms with Crippen LogP contribution >= 0.6 is 22.9 Å². The molecule has 1 aliphatic carbocycles. The standard InChI is InChI=1S/C23H25ClN6O2S/c1-3-30-17(7-12(2)28-30)21(31)26-10-18-16-9-14(16)11-29(18)22(32)19-20(33-23(25)27-19)13-5-4-6-15(24)8-13/h4-8,14,16,18H,3,9-11H2,1-2H3,(H2,25,27)(H,26,31)/t14-,16-,18-/m1/s1. The average molecular weight is 485 g/mol. The molecule has 0 radical (unpaired) electrons. The first-order valence-electron chi connectivity index (χ1n) is 11.0. The fourth-order valence-electron chi connectivity index (χ4n) is 4.77.